The van der Waals surface area contributed by atoms with Crippen LogP contribution in [0.1, 0.15) is 84.5 Å². The van der Waals surface area contributed by atoms with E-state index in [4.69, 9.17) is 19.4 Å². The van der Waals surface area contributed by atoms with Gasteiger partial charge >= 0.3 is 12.1 Å². The number of rotatable bonds is 6. The number of fused-ring (bicyclic) bond motifs is 4. The number of nitrogens with zero attached hydrogens (tertiary/aromatic N) is 6. The van der Waals surface area contributed by atoms with Crippen molar-refractivity contribution in [2.75, 3.05) is 36.5 Å². The Labute approximate surface area is 279 Å². The van der Waals surface area contributed by atoms with E-state index in [-0.39, 0.29) is 36.2 Å². The first-order valence-electron chi connectivity index (χ1n) is 16.5. The maximum absolute atomic E-state index is 15.1. The molecule has 0 saturated carbocycles. The lowest BCUT2D eigenvalue weighted by Crippen LogP contribution is -2.55. The lowest BCUT2D eigenvalue weighted by molar-refractivity contribution is -0.161. The van der Waals surface area contributed by atoms with E-state index < -0.39 is 34.5 Å². The summed E-state index contributed by atoms with van der Waals surface area (Å²) >= 11 is 0. The van der Waals surface area contributed by atoms with E-state index in [9.17, 15) is 14.7 Å². The average molecular weight is 660 g/mol. The first-order valence-corrected chi connectivity index (χ1v) is 16.5. The number of carboxylic acid groups (broad SMARTS) is 1. The molecule has 0 radical (unpaired) electrons. The summed E-state index contributed by atoms with van der Waals surface area (Å²) in [6.45, 7) is 17.1. The number of nitrogens with one attached hydrogen (secondary N) is 1. The number of para-hydroxylation sites is 1. The van der Waals surface area contributed by atoms with Crippen molar-refractivity contribution < 1.29 is 29.0 Å². The third-order valence-corrected chi connectivity index (χ3v) is 9.01. The summed E-state index contributed by atoms with van der Waals surface area (Å²) in [4.78, 5) is 54.1. The lowest BCUT2D eigenvalue weighted by Gasteiger charge is -2.44. The van der Waals surface area contributed by atoms with Crippen LogP contribution in [-0.2, 0) is 31.0 Å². The summed E-state index contributed by atoms with van der Waals surface area (Å²) in [6, 6.07) is 7.14. The molecule has 1 fully saturated rings. The molecule has 1 aliphatic heterocycles. The largest absolute Gasteiger partial charge is 0.464 e. The quantitative estimate of drug-likeness (QED) is 0.256. The number of benzene rings is 1. The molecule has 2 atom stereocenters. The van der Waals surface area contributed by atoms with E-state index in [1.807, 2.05) is 17.0 Å². The minimum absolute atomic E-state index is 0.0642. The van der Waals surface area contributed by atoms with E-state index in [2.05, 4.69) is 24.3 Å². The van der Waals surface area contributed by atoms with Crippen LogP contribution in [0.3, 0.4) is 0 Å². The zero-order chi connectivity index (χ0) is 34.8. The highest BCUT2D eigenvalue weighted by atomic mass is 16.6. The van der Waals surface area contributed by atoms with Crippen molar-refractivity contribution in [3.8, 4) is 0 Å². The Hall–Kier alpha value is -4.52. The van der Waals surface area contributed by atoms with Crippen molar-refractivity contribution in [3.63, 3.8) is 0 Å². The Bertz CT molecular complexity index is 1910. The summed E-state index contributed by atoms with van der Waals surface area (Å²) in [5, 5.41) is 19.6. The normalized spacial score (nSPS) is 20.3. The number of morpholine rings is 1. The summed E-state index contributed by atoms with van der Waals surface area (Å²) < 4.78 is 14.3. The minimum atomic E-state index is -1.74. The van der Waals surface area contributed by atoms with Gasteiger partial charge in [0.1, 0.15) is 11.1 Å². The molecule has 0 bridgehead atoms. The Morgan fingerprint density at radius 3 is 2.38 bits per heavy atom. The zero-order valence-corrected chi connectivity index (χ0v) is 29.0. The summed E-state index contributed by atoms with van der Waals surface area (Å²) in [5.74, 6) is -0.803. The maximum atomic E-state index is 15.1. The van der Waals surface area contributed by atoms with Crippen molar-refractivity contribution in [1.29, 1.82) is 0 Å². The summed E-state index contributed by atoms with van der Waals surface area (Å²) in [6.07, 6.45) is 0.638. The van der Waals surface area contributed by atoms with Crippen LogP contribution in [0.15, 0.2) is 30.5 Å². The predicted molar refractivity (Wildman–Crippen MR) is 181 cm³/mol. The van der Waals surface area contributed by atoms with Crippen molar-refractivity contribution in [1.82, 2.24) is 24.1 Å². The molecule has 48 heavy (non-hydrogen) atoms. The van der Waals surface area contributed by atoms with Gasteiger partial charge in [0.2, 0.25) is 11.9 Å². The second-order valence-electron chi connectivity index (χ2n) is 15.1. The molecular formula is C35H45N7O6. The van der Waals surface area contributed by atoms with Crippen LogP contribution < -0.4 is 10.2 Å². The van der Waals surface area contributed by atoms with Gasteiger partial charge in [0.15, 0.2) is 11.4 Å². The van der Waals surface area contributed by atoms with Gasteiger partial charge in [-0.2, -0.15) is 19.6 Å². The first-order chi connectivity index (χ1) is 22.5. The van der Waals surface area contributed by atoms with Crippen LogP contribution in [-0.4, -0.2) is 79.0 Å². The number of hydrogen-bond donors (Lipinski definition) is 2. The number of anilines is 2. The van der Waals surface area contributed by atoms with Crippen molar-refractivity contribution in [2.45, 2.75) is 85.3 Å². The van der Waals surface area contributed by atoms with Crippen molar-refractivity contribution in [3.05, 3.63) is 47.3 Å². The third-order valence-electron chi connectivity index (χ3n) is 9.01. The second-order valence-corrected chi connectivity index (χ2v) is 15.1. The highest BCUT2D eigenvalue weighted by Gasteiger charge is 2.55. The molecule has 4 aromatic rings. The summed E-state index contributed by atoms with van der Waals surface area (Å²) in [7, 11) is 0. The van der Waals surface area contributed by atoms with Crippen LogP contribution in [0.5, 0.6) is 0 Å². The number of hydrogen-bond acceptors (Lipinski definition) is 10. The topological polar surface area (TPSA) is 153 Å². The molecule has 1 unspecified atom stereocenters. The average Bonchev–Trinajstić information content (AvgIpc) is 3.60. The Kier molecular flexibility index (Phi) is 8.25. The molecule has 13 nitrogen and oxygen atoms in total. The van der Waals surface area contributed by atoms with Crippen molar-refractivity contribution in [2.24, 2.45) is 11.3 Å². The fourth-order valence-electron chi connectivity index (χ4n) is 6.97. The van der Waals surface area contributed by atoms with Gasteiger partial charge in [0, 0.05) is 29.5 Å². The van der Waals surface area contributed by atoms with Crippen LogP contribution in [0.4, 0.5) is 16.7 Å². The fraction of sp³-hybridized carbons (Fsp3) is 0.543. The number of esters is 1. The standard InChI is InChI=1S/C35H45N7O6/c1-20(2)24-19-36-42-27(24)37-30(40-13-15-47-16-14-40)38-31(42)39-35(29(44)33(3,4)5)18-21(28(43)48-34(6,7)8)17-23-22-11-9-10-12-25(22)41(26(23)35)32(45)46/h9-12,19-21H,13-18H2,1-8H3,(H,45,46)(H,37,38,39)/t21-,35?/m1/s1. The Morgan fingerprint density at radius 2 is 1.75 bits per heavy atom. The number of carbonyl (C=O) groups is 3. The van der Waals surface area contributed by atoms with Crippen LogP contribution >= 0.6 is 0 Å². The van der Waals surface area contributed by atoms with Gasteiger partial charge in [-0.15, -0.1) is 0 Å². The fourth-order valence-corrected chi connectivity index (χ4v) is 6.97. The molecule has 256 valence electrons. The maximum Gasteiger partial charge on any atom is 0.416 e. The zero-order valence-electron chi connectivity index (χ0n) is 29.0. The minimum Gasteiger partial charge on any atom is -0.464 e. The lowest BCUT2D eigenvalue weighted by atomic mass is 9.66. The molecule has 1 aliphatic carbocycles. The number of ether oxygens (including phenoxy) is 2. The van der Waals surface area contributed by atoms with Gasteiger partial charge in [0.05, 0.1) is 36.5 Å². The van der Waals surface area contributed by atoms with E-state index in [1.54, 1.807) is 64.4 Å². The monoisotopic (exact) mass is 659 g/mol. The molecule has 6 rings (SSSR count). The number of ketones is 1. The molecule has 13 heteroatoms. The van der Waals surface area contributed by atoms with E-state index in [0.29, 0.717) is 54.4 Å². The van der Waals surface area contributed by atoms with Crippen LogP contribution in [0.2, 0.25) is 0 Å². The molecule has 4 heterocycles. The smallest absolute Gasteiger partial charge is 0.416 e. The molecule has 0 amide bonds. The SMILES string of the molecule is CC(C)c1cnn2c(NC3(C(=O)C(C)(C)C)C[C@H](C(=O)OC(C)(C)C)Cc4c3n(C(=O)O)c3ccccc43)nc(N3CCOCC3)nc12. The molecule has 1 saturated heterocycles. The summed E-state index contributed by atoms with van der Waals surface area (Å²) in [5.41, 5.74) is -0.734. The van der Waals surface area contributed by atoms with Gasteiger partial charge < -0.3 is 24.8 Å². The van der Waals surface area contributed by atoms with E-state index in [1.165, 1.54) is 4.57 Å². The van der Waals surface area contributed by atoms with Gasteiger partial charge in [-0.25, -0.2) is 9.36 Å². The van der Waals surface area contributed by atoms with Gasteiger partial charge in [-0.3, -0.25) is 9.59 Å². The highest BCUT2D eigenvalue weighted by molar-refractivity contribution is 6.02. The van der Waals surface area contributed by atoms with Crippen molar-refractivity contribution >= 4 is 46.3 Å². The number of aromatic nitrogens is 5. The Balaban J connectivity index is 1.67. The third kappa shape index (κ3) is 5.78. The predicted octanol–water partition coefficient (Wildman–Crippen LogP) is 5.39. The van der Waals surface area contributed by atoms with E-state index in [0.717, 1.165) is 5.56 Å². The van der Waals surface area contributed by atoms with Crippen LogP contribution in [0, 0.1) is 11.3 Å². The Morgan fingerprint density at radius 1 is 1.06 bits per heavy atom. The molecule has 3 aromatic heterocycles. The van der Waals surface area contributed by atoms with Gasteiger partial charge in [-0.1, -0.05) is 52.8 Å². The number of Topliss-reactive ketones (excluding diaryl/α,β-unsaturated/α-hetero) is 1. The van der Waals surface area contributed by atoms with Gasteiger partial charge in [0.25, 0.3) is 0 Å². The molecule has 2 N–H and O–H groups in total. The molecule has 1 aromatic carbocycles. The number of carbonyl (C=O) groups excluding carboxylic acids is 2. The van der Waals surface area contributed by atoms with Crippen LogP contribution in [0.25, 0.3) is 16.6 Å². The molecule has 0 spiro atoms. The van der Waals surface area contributed by atoms with Gasteiger partial charge in [-0.05, 0) is 51.2 Å². The first kappa shape index (κ1) is 33.4. The van der Waals surface area contributed by atoms with E-state index >= 15 is 4.79 Å². The molecular weight excluding hydrogens is 614 g/mol. The second kappa shape index (κ2) is 11.9. The highest BCUT2D eigenvalue weighted by Crippen LogP contribution is 2.49. The molecule has 2 aliphatic rings.